The van der Waals surface area contributed by atoms with E-state index in [1.54, 1.807) is 37.3 Å². The average Bonchev–Trinajstić information content (AvgIpc) is 3.62. The molecule has 2 aromatic carbocycles. The van der Waals surface area contributed by atoms with Crippen LogP contribution in [0.3, 0.4) is 0 Å². The van der Waals surface area contributed by atoms with Crippen molar-refractivity contribution in [2.45, 2.75) is 95.1 Å². The van der Waals surface area contributed by atoms with Crippen LogP contribution in [0, 0.1) is 0 Å². The summed E-state index contributed by atoms with van der Waals surface area (Å²) in [5.41, 5.74) is 1.13. The third-order valence-electron chi connectivity index (χ3n) is 12.2. The number of ether oxygens (including phenoxy) is 1. The molecule has 17 nitrogen and oxygen atoms in total. The predicted octanol–water partition coefficient (Wildman–Crippen LogP) is 2.54. The van der Waals surface area contributed by atoms with Crippen molar-refractivity contribution in [3.63, 3.8) is 0 Å². The Hall–Kier alpha value is -4.79. The lowest BCUT2D eigenvalue weighted by Gasteiger charge is -2.29. The van der Waals surface area contributed by atoms with Crippen molar-refractivity contribution in [1.29, 1.82) is 0 Å². The lowest BCUT2D eigenvalue weighted by atomic mass is 9.80. The van der Waals surface area contributed by atoms with E-state index in [9.17, 15) is 58.0 Å². The molecule has 0 saturated heterocycles. The highest BCUT2D eigenvalue weighted by molar-refractivity contribution is 7.85. The topological polar surface area (TPSA) is 266 Å². The quantitative estimate of drug-likeness (QED) is 0.0228. The van der Waals surface area contributed by atoms with Gasteiger partial charge in [-0.15, -0.1) is 0 Å². The Bertz CT molecular complexity index is 2240. The van der Waals surface area contributed by atoms with Gasteiger partial charge in [0.1, 0.15) is 17.6 Å². The van der Waals surface area contributed by atoms with E-state index in [2.05, 4.69) is 15.2 Å². The van der Waals surface area contributed by atoms with E-state index in [4.69, 9.17) is 4.74 Å². The van der Waals surface area contributed by atoms with Crippen molar-refractivity contribution < 1.29 is 67.3 Å². The number of fused-ring (bicyclic) bond motifs is 2. The molecule has 0 spiro atoms. The molecule has 0 radical (unpaired) electrons. The van der Waals surface area contributed by atoms with E-state index >= 15 is 0 Å². The number of carbonyl (C=O) groups is 3. The number of anilines is 1. The molecule has 4 rings (SSSR count). The number of rotatable bonds is 25. The minimum Gasteiger partial charge on any atom is -0.466 e. The summed E-state index contributed by atoms with van der Waals surface area (Å²) in [7, 11) is -4.16. The third-order valence-corrected chi connectivity index (χ3v) is 13.0. The number of carbonyl (C=O) groups excluding carboxylic acids is 3. The number of hydrogen-bond acceptors (Lipinski definition) is 13. The van der Waals surface area contributed by atoms with Gasteiger partial charge in [0.15, 0.2) is 5.71 Å². The monoisotopic (exact) mass is 927 g/mol. The van der Waals surface area contributed by atoms with E-state index in [1.807, 2.05) is 69.0 Å². The van der Waals surface area contributed by atoms with Crippen molar-refractivity contribution in [1.82, 2.24) is 10.6 Å². The molecule has 9 N–H and O–H groups in total. The summed E-state index contributed by atoms with van der Waals surface area (Å²) in [6, 6.07) is 10.4. The second-order valence-electron chi connectivity index (χ2n) is 17.7. The first-order chi connectivity index (χ1) is 30.7. The molecule has 0 aromatic heterocycles. The molecule has 2 heterocycles. The first kappa shape index (κ1) is 52.8. The highest BCUT2D eigenvalue weighted by atomic mass is 32.2. The second kappa shape index (κ2) is 22.6. The maximum absolute atomic E-state index is 13.4. The minimum absolute atomic E-state index is 0.211. The van der Waals surface area contributed by atoms with Gasteiger partial charge in [-0.3, -0.25) is 18.9 Å². The molecule has 65 heavy (non-hydrogen) atoms. The number of amides is 2. The normalized spacial score (nSPS) is 16.4. The van der Waals surface area contributed by atoms with Gasteiger partial charge in [0.05, 0.1) is 57.4 Å². The van der Waals surface area contributed by atoms with Gasteiger partial charge in [-0.2, -0.15) is 13.0 Å². The van der Waals surface area contributed by atoms with E-state index in [0.29, 0.717) is 39.0 Å². The molecule has 0 fully saturated rings. The summed E-state index contributed by atoms with van der Waals surface area (Å²) in [6.45, 7) is 7.14. The molecule has 0 atom stereocenters. The number of nitrogens with zero attached hydrogens (tertiary/aromatic N) is 2. The Kier molecular flexibility index (Phi) is 18.4. The number of benzene rings is 2. The third kappa shape index (κ3) is 12.6. The van der Waals surface area contributed by atoms with Gasteiger partial charge < -0.3 is 50.9 Å². The summed E-state index contributed by atoms with van der Waals surface area (Å²) in [5.74, 6) is -1.80. The van der Waals surface area contributed by atoms with Crippen LogP contribution in [0.4, 0.5) is 11.4 Å². The van der Waals surface area contributed by atoms with Crippen LogP contribution in [-0.2, 0) is 30.5 Å². The van der Waals surface area contributed by atoms with Crippen LogP contribution < -0.4 is 15.5 Å². The van der Waals surface area contributed by atoms with Gasteiger partial charge in [0.25, 0.3) is 21.9 Å². The van der Waals surface area contributed by atoms with E-state index in [-0.39, 0.29) is 23.5 Å². The zero-order valence-electron chi connectivity index (χ0n) is 38.0. The molecular formula is C47H67N4O13S+. The molecule has 2 aliphatic heterocycles. The first-order valence-corrected chi connectivity index (χ1v) is 23.5. The average molecular weight is 928 g/mol. The van der Waals surface area contributed by atoms with Gasteiger partial charge in [-0.1, -0.05) is 32.1 Å². The molecule has 2 amide bonds. The fraction of sp³-hybridized carbons (Fsp3) is 0.532. The maximum Gasteiger partial charge on any atom is 0.305 e. The van der Waals surface area contributed by atoms with Gasteiger partial charge in [-0.05, 0) is 88.4 Å². The molecular weight excluding hydrogens is 861 g/mol. The molecule has 18 heteroatoms. The van der Waals surface area contributed by atoms with Gasteiger partial charge in [0, 0.05) is 65.0 Å². The number of esters is 1. The molecule has 358 valence electrons. The fourth-order valence-corrected chi connectivity index (χ4v) is 8.71. The smallest absolute Gasteiger partial charge is 0.305 e. The van der Waals surface area contributed by atoms with E-state index in [1.165, 1.54) is 0 Å². The highest BCUT2D eigenvalue weighted by Crippen LogP contribution is 2.48. The Morgan fingerprint density at radius 3 is 1.86 bits per heavy atom. The van der Waals surface area contributed by atoms with E-state index < -0.39 is 89.2 Å². The van der Waals surface area contributed by atoms with Gasteiger partial charge >= 0.3 is 5.97 Å². The summed E-state index contributed by atoms with van der Waals surface area (Å²) >= 11 is 0. The predicted molar refractivity (Wildman–Crippen MR) is 246 cm³/mol. The van der Waals surface area contributed by atoms with Crippen LogP contribution in [0.5, 0.6) is 0 Å². The molecule has 2 aromatic rings. The molecule has 2 aliphatic rings. The lowest BCUT2D eigenvalue weighted by molar-refractivity contribution is -0.438. The van der Waals surface area contributed by atoms with Crippen LogP contribution in [0.15, 0.2) is 72.5 Å². The van der Waals surface area contributed by atoms with Crippen molar-refractivity contribution in [3.8, 4) is 0 Å². The maximum atomic E-state index is 13.4. The number of aliphatic hydroxyl groups is 6. The Morgan fingerprint density at radius 1 is 0.738 bits per heavy atom. The summed E-state index contributed by atoms with van der Waals surface area (Å²) < 4.78 is 39.6. The zero-order valence-corrected chi connectivity index (χ0v) is 38.9. The Labute approximate surface area is 381 Å². The largest absolute Gasteiger partial charge is 0.466 e. The SMILES string of the molecule is CCOC(=O)CCCCC[N+]1=C(/C=C/C=C/C=C2/N(CCCCS(=O)(=O)O)c3ccc(C(=O)NC(CO)(CO)CO)cc3C2(C)C)C(C)(C)c2cc(C(=O)NC(CO)(CO)CO)ccc21. The summed E-state index contributed by atoms with van der Waals surface area (Å²) in [4.78, 5) is 40.7. The van der Waals surface area contributed by atoms with Gasteiger partial charge in [-0.25, -0.2) is 0 Å². The fourth-order valence-electron chi connectivity index (χ4n) is 8.14. The molecule has 0 saturated carbocycles. The Balaban J connectivity index is 1.68. The lowest BCUT2D eigenvalue weighted by Crippen LogP contribution is -2.57. The molecule has 0 bridgehead atoms. The zero-order chi connectivity index (χ0) is 48.2. The van der Waals surface area contributed by atoms with Crippen molar-refractivity contribution in [2.75, 3.05) is 70.0 Å². The minimum atomic E-state index is -4.16. The Morgan fingerprint density at radius 2 is 1.31 bits per heavy atom. The summed E-state index contributed by atoms with van der Waals surface area (Å²) in [6.07, 6.45) is 12.7. The van der Waals surface area contributed by atoms with E-state index in [0.717, 1.165) is 46.8 Å². The number of allylic oxidation sites excluding steroid dienone is 6. The number of unbranched alkanes of at least 4 members (excludes halogenated alkanes) is 3. The highest BCUT2D eigenvalue weighted by Gasteiger charge is 2.45. The van der Waals surface area contributed by atoms with Crippen LogP contribution in [0.25, 0.3) is 0 Å². The second-order valence-corrected chi connectivity index (χ2v) is 19.3. The van der Waals surface area contributed by atoms with Crippen LogP contribution in [0.2, 0.25) is 0 Å². The number of nitrogens with one attached hydrogen (secondary N) is 2. The molecule has 0 aliphatic carbocycles. The van der Waals surface area contributed by atoms with Crippen LogP contribution >= 0.6 is 0 Å². The summed E-state index contributed by atoms with van der Waals surface area (Å²) in [5, 5.41) is 64.0. The first-order valence-electron chi connectivity index (χ1n) is 21.9. The van der Waals surface area contributed by atoms with Crippen molar-refractivity contribution >= 4 is 45.0 Å². The van der Waals surface area contributed by atoms with Crippen LogP contribution in [-0.4, -0.2) is 148 Å². The van der Waals surface area contributed by atoms with Crippen molar-refractivity contribution in [2.24, 2.45) is 0 Å². The number of hydrogen-bond donors (Lipinski definition) is 9. The van der Waals surface area contributed by atoms with Crippen LogP contribution in [0.1, 0.15) is 105 Å². The van der Waals surface area contributed by atoms with Crippen molar-refractivity contribution in [3.05, 3.63) is 94.7 Å². The standard InChI is InChI=1S/C47H66N4O13S/c1-6-64-41(58)17-11-8-12-22-50-37-20-18-33(42(59)48-46(27-52,28-53)29-54)25-35(37)44(2,3)39(50)15-9-7-10-16-40-45(4,5)36-26-34(43(60)49-47(30-55,31-56)32-57)19-21-38(36)51(40)23-13-14-24-65(61,62)63/h7,9-10,15-16,18-21,25-26,52-57H,6,8,11-14,17,22-24,27-32H2,1-5H3,(H2-,48,49,59,60,61,62,63)/p+1. The molecule has 0 unspecified atom stereocenters. The van der Waals surface area contributed by atoms with Gasteiger partial charge in [0.2, 0.25) is 5.69 Å². The number of aliphatic hydroxyl groups excluding tert-OH is 6.